The van der Waals surface area contributed by atoms with Crippen LogP contribution in [0.25, 0.3) is 0 Å². The van der Waals surface area contributed by atoms with Crippen LogP contribution in [0.2, 0.25) is 0 Å². The third-order valence-corrected chi connectivity index (χ3v) is 3.94. The quantitative estimate of drug-likeness (QED) is 0.752. The Bertz CT molecular complexity index is 546. The fourth-order valence-electron chi connectivity index (χ4n) is 1.57. The van der Waals surface area contributed by atoms with Crippen molar-refractivity contribution >= 4 is 39.0 Å². The third-order valence-electron chi connectivity index (χ3n) is 3.23. The van der Waals surface area contributed by atoms with E-state index >= 15 is 0 Å². The minimum Gasteiger partial charge on any atom is -0.480 e. The van der Waals surface area contributed by atoms with Crippen molar-refractivity contribution in [2.75, 3.05) is 0 Å². The summed E-state index contributed by atoms with van der Waals surface area (Å²) in [4.78, 5) is 12.4. The van der Waals surface area contributed by atoms with Gasteiger partial charge in [-0.25, -0.2) is 0 Å². The van der Waals surface area contributed by atoms with E-state index < -0.39 is 6.10 Å². The lowest BCUT2D eigenvalue weighted by Gasteiger charge is -2.27. The van der Waals surface area contributed by atoms with Crippen LogP contribution >= 0.6 is 28.1 Å². The first-order valence-electron chi connectivity index (χ1n) is 6.74. The molecule has 0 aromatic heterocycles. The number of nitrogens with two attached hydrogens (primary N) is 1. The van der Waals surface area contributed by atoms with Crippen LogP contribution in [0.3, 0.4) is 0 Å². The number of rotatable bonds is 6. The van der Waals surface area contributed by atoms with Gasteiger partial charge in [0.25, 0.3) is 5.91 Å². The Morgan fingerprint density at radius 3 is 2.67 bits per heavy atom. The topological polar surface area (TPSA) is 64.3 Å². The van der Waals surface area contributed by atoms with Crippen LogP contribution < -0.4 is 15.8 Å². The Labute approximate surface area is 139 Å². The average molecular weight is 373 g/mol. The van der Waals surface area contributed by atoms with Crippen LogP contribution in [0.4, 0.5) is 0 Å². The molecule has 0 heterocycles. The van der Waals surface area contributed by atoms with Crippen LogP contribution in [0.1, 0.15) is 39.7 Å². The van der Waals surface area contributed by atoms with Gasteiger partial charge in [-0.3, -0.25) is 4.79 Å². The van der Waals surface area contributed by atoms with E-state index in [1.165, 1.54) is 0 Å². The first kappa shape index (κ1) is 17.9. The molecule has 1 aromatic carbocycles. The zero-order valence-electron chi connectivity index (χ0n) is 12.7. The smallest absolute Gasteiger partial charge is 0.261 e. The highest BCUT2D eigenvalue weighted by Gasteiger charge is 2.23. The van der Waals surface area contributed by atoms with Crippen molar-refractivity contribution in [3.8, 4) is 5.75 Å². The minimum absolute atomic E-state index is 0.168. The maximum Gasteiger partial charge on any atom is 0.261 e. The predicted octanol–water partition coefficient (Wildman–Crippen LogP) is 3.16. The maximum absolute atomic E-state index is 12.2. The van der Waals surface area contributed by atoms with E-state index in [4.69, 9.17) is 22.7 Å². The largest absolute Gasteiger partial charge is 0.480 e. The van der Waals surface area contributed by atoms with Gasteiger partial charge in [-0.05, 0) is 45.4 Å². The van der Waals surface area contributed by atoms with E-state index in [2.05, 4.69) is 21.2 Å². The van der Waals surface area contributed by atoms with Gasteiger partial charge < -0.3 is 15.8 Å². The van der Waals surface area contributed by atoms with E-state index in [0.717, 1.165) is 10.9 Å². The molecule has 21 heavy (non-hydrogen) atoms. The lowest BCUT2D eigenvalue weighted by molar-refractivity contribution is -0.128. The molecule has 0 aliphatic rings. The van der Waals surface area contributed by atoms with Gasteiger partial charge in [-0.2, -0.15) is 0 Å². The summed E-state index contributed by atoms with van der Waals surface area (Å²) >= 11 is 8.37. The number of hydrogen-bond acceptors (Lipinski definition) is 3. The zero-order chi connectivity index (χ0) is 16.2. The molecular weight excluding hydrogens is 352 g/mol. The number of nitrogens with one attached hydrogen (secondary N) is 1. The summed E-state index contributed by atoms with van der Waals surface area (Å²) in [5, 5.41) is 2.95. The second kappa shape index (κ2) is 7.22. The van der Waals surface area contributed by atoms with E-state index in [1.807, 2.05) is 26.8 Å². The molecular formula is C15H21BrN2O2S. The highest BCUT2D eigenvalue weighted by Crippen LogP contribution is 2.24. The van der Waals surface area contributed by atoms with Crippen molar-refractivity contribution < 1.29 is 9.53 Å². The molecule has 0 fully saturated rings. The average Bonchev–Trinajstić information content (AvgIpc) is 2.40. The van der Waals surface area contributed by atoms with E-state index in [-0.39, 0.29) is 16.4 Å². The highest BCUT2D eigenvalue weighted by atomic mass is 79.9. The molecule has 0 bridgehead atoms. The summed E-state index contributed by atoms with van der Waals surface area (Å²) in [7, 11) is 0. The van der Waals surface area contributed by atoms with Gasteiger partial charge in [0.05, 0.1) is 5.56 Å². The van der Waals surface area contributed by atoms with Gasteiger partial charge in [-0.15, -0.1) is 0 Å². The van der Waals surface area contributed by atoms with E-state index in [1.54, 1.807) is 19.1 Å². The zero-order valence-corrected chi connectivity index (χ0v) is 15.1. The van der Waals surface area contributed by atoms with Crippen molar-refractivity contribution in [1.82, 2.24) is 5.32 Å². The van der Waals surface area contributed by atoms with Gasteiger partial charge in [-0.1, -0.05) is 35.1 Å². The Kier molecular flexibility index (Phi) is 6.16. The van der Waals surface area contributed by atoms with Crippen molar-refractivity contribution in [1.29, 1.82) is 0 Å². The number of hydrogen-bond donors (Lipinski definition) is 2. The number of ether oxygens (including phenoxy) is 1. The van der Waals surface area contributed by atoms with Gasteiger partial charge in [0.1, 0.15) is 10.7 Å². The van der Waals surface area contributed by atoms with E-state index in [0.29, 0.717) is 11.3 Å². The summed E-state index contributed by atoms with van der Waals surface area (Å²) in [6.07, 6.45) is 0.201. The Hall–Kier alpha value is -1.14. The maximum atomic E-state index is 12.2. The lowest BCUT2D eigenvalue weighted by Crippen LogP contribution is -2.48. The molecule has 1 atom stereocenters. The van der Waals surface area contributed by atoms with Crippen molar-refractivity contribution in [3.63, 3.8) is 0 Å². The summed E-state index contributed by atoms with van der Waals surface area (Å²) in [6.45, 7) is 7.66. The first-order valence-corrected chi connectivity index (χ1v) is 7.94. The fraction of sp³-hybridized carbons (Fsp3) is 0.467. The molecule has 1 unspecified atom stereocenters. The van der Waals surface area contributed by atoms with Gasteiger partial charge >= 0.3 is 0 Å². The second-order valence-electron chi connectivity index (χ2n) is 5.49. The minimum atomic E-state index is -0.634. The molecule has 0 spiro atoms. The molecule has 0 aliphatic heterocycles. The summed E-state index contributed by atoms with van der Waals surface area (Å²) in [5.41, 5.74) is 6.03. The van der Waals surface area contributed by atoms with Crippen molar-refractivity contribution in [3.05, 3.63) is 28.2 Å². The molecule has 1 aromatic rings. The van der Waals surface area contributed by atoms with Crippen LogP contribution in [-0.2, 0) is 4.79 Å². The Morgan fingerprint density at radius 1 is 1.52 bits per heavy atom. The predicted molar refractivity (Wildman–Crippen MR) is 92.6 cm³/mol. The molecule has 0 saturated heterocycles. The highest BCUT2D eigenvalue weighted by molar-refractivity contribution is 9.10. The molecule has 0 saturated carbocycles. The fourth-order valence-corrected chi connectivity index (χ4v) is 2.09. The van der Waals surface area contributed by atoms with Gasteiger partial charge in [0.15, 0.2) is 6.10 Å². The molecule has 0 radical (unpaired) electrons. The monoisotopic (exact) mass is 372 g/mol. The summed E-state index contributed by atoms with van der Waals surface area (Å²) in [6, 6.07) is 5.34. The number of benzene rings is 1. The first-order chi connectivity index (χ1) is 9.66. The number of carbonyl (C=O) groups is 1. The SMILES string of the molecule is CCC(C)(C)NC(=O)C(C)Oc1ccc(Br)cc1C(N)=S. The molecule has 1 rings (SSSR count). The van der Waals surface area contributed by atoms with Crippen LogP contribution in [0.5, 0.6) is 5.75 Å². The molecule has 6 heteroatoms. The van der Waals surface area contributed by atoms with Gasteiger partial charge in [0.2, 0.25) is 0 Å². The Balaban J connectivity index is 2.86. The lowest BCUT2D eigenvalue weighted by atomic mass is 10.0. The van der Waals surface area contributed by atoms with Crippen LogP contribution in [0.15, 0.2) is 22.7 Å². The number of amides is 1. The third kappa shape index (κ3) is 5.28. The number of halogens is 1. The standard InChI is InChI=1S/C15H21BrN2O2S/c1-5-15(3,4)18-14(19)9(2)20-12-7-6-10(16)8-11(12)13(17)21/h6-9H,5H2,1-4H3,(H2,17,21)(H,18,19). The van der Waals surface area contributed by atoms with Crippen LogP contribution in [-0.4, -0.2) is 22.5 Å². The second-order valence-corrected chi connectivity index (χ2v) is 6.85. The summed E-state index contributed by atoms with van der Waals surface area (Å²) in [5.74, 6) is 0.335. The number of thiocarbonyl (C=S) groups is 1. The van der Waals surface area contributed by atoms with E-state index in [9.17, 15) is 4.79 Å². The molecule has 116 valence electrons. The molecule has 3 N–H and O–H groups in total. The van der Waals surface area contributed by atoms with Crippen LogP contribution in [0, 0.1) is 0 Å². The molecule has 0 aliphatic carbocycles. The molecule has 1 amide bonds. The van der Waals surface area contributed by atoms with Crippen molar-refractivity contribution in [2.24, 2.45) is 5.73 Å². The summed E-state index contributed by atoms with van der Waals surface area (Å²) < 4.78 is 6.56. The van der Waals surface area contributed by atoms with Crippen molar-refractivity contribution in [2.45, 2.75) is 45.8 Å². The number of carbonyl (C=O) groups excluding carboxylic acids is 1. The normalized spacial score (nSPS) is 12.6. The Morgan fingerprint density at radius 2 is 2.14 bits per heavy atom. The van der Waals surface area contributed by atoms with Gasteiger partial charge in [0, 0.05) is 10.0 Å². The molecule has 4 nitrogen and oxygen atoms in total.